The maximum Gasteiger partial charge on any atom is 0.255 e. The first kappa shape index (κ1) is 15.6. The van der Waals surface area contributed by atoms with Crippen LogP contribution in [-0.4, -0.2) is 63.2 Å². The molecule has 6 heteroatoms. The molecule has 3 heterocycles. The monoisotopic (exact) mass is 327 g/mol. The fraction of sp³-hybridized carbons (Fsp3) is 0.611. The number of pyridine rings is 1. The highest BCUT2D eigenvalue weighted by atomic mass is 16.2. The third-order valence-corrected chi connectivity index (χ3v) is 5.44. The van der Waals surface area contributed by atoms with E-state index in [-0.39, 0.29) is 11.9 Å². The highest BCUT2D eigenvalue weighted by molar-refractivity contribution is 5.97. The number of amides is 1. The van der Waals surface area contributed by atoms with Crippen molar-refractivity contribution in [1.82, 2.24) is 24.6 Å². The average molecular weight is 327 g/mol. The fourth-order valence-corrected chi connectivity index (χ4v) is 4.08. The van der Waals surface area contributed by atoms with Crippen LogP contribution in [0.2, 0.25) is 0 Å². The molecule has 1 aliphatic carbocycles. The highest BCUT2D eigenvalue weighted by Gasteiger charge is 2.27. The first-order valence-electron chi connectivity index (χ1n) is 8.96. The van der Waals surface area contributed by atoms with Gasteiger partial charge in [0.2, 0.25) is 0 Å². The van der Waals surface area contributed by atoms with Gasteiger partial charge in [-0.2, -0.15) is 5.10 Å². The number of carbonyl (C=O) groups excluding carboxylic acids is 1. The molecule has 1 saturated carbocycles. The molecule has 0 unspecified atom stereocenters. The first-order valence-corrected chi connectivity index (χ1v) is 8.96. The minimum atomic E-state index is 0.0821. The molecule has 2 fully saturated rings. The Morgan fingerprint density at radius 1 is 1.21 bits per heavy atom. The highest BCUT2D eigenvalue weighted by Crippen LogP contribution is 2.31. The van der Waals surface area contributed by atoms with Crippen LogP contribution < -0.4 is 0 Å². The molecule has 128 valence electrons. The van der Waals surface area contributed by atoms with Crippen LogP contribution in [-0.2, 0) is 0 Å². The number of carbonyl (C=O) groups is 1. The van der Waals surface area contributed by atoms with Gasteiger partial charge in [-0.25, -0.2) is 9.67 Å². The van der Waals surface area contributed by atoms with Crippen LogP contribution in [0, 0.1) is 0 Å². The lowest BCUT2D eigenvalue weighted by atomic mass is 10.1. The van der Waals surface area contributed by atoms with Crippen LogP contribution in [0.3, 0.4) is 0 Å². The molecule has 0 aromatic carbocycles. The molecule has 0 radical (unpaired) electrons. The summed E-state index contributed by atoms with van der Waals surface area (Å²) in [7, 11) is 2.10. The second kappa shape index (κ2) is 6.16. The van der Waals surface area contributed by atoms with E-state index in [1.807, 2.05) is 17.2 Å². The number of fused-ring (bicyclic) bond motifs is 1. The lowest BCUT2D eigenvalue weighted by Gasteiger charge is -2.38. The number of nitrogens with zero attached hydrogens (tertiary/aromatic N) is 5. The molecule has 0 N–H and O–H groups in total. The molecule has 1 amide bonds. The number of piperazine rings is 1. The van der Waals surface area contributed by atoms with Crippen LogP contribution in [0.4, 0.5) is 0 Å². The van der Waals surface area contributed by atoms with Gasteiger partial charge in [0.25, 0.3) is 5.91 Å². The molecule has 2 aliphatic rings. The van der Waals surface area contributed by atoms with Crippen LogP contribution >= 0.6 is 0 Å². The molecule has 24 heavy (non-hydrogen) atoms. The van der Waals surface area contributed by atoms with Gasteiger partial charge in [0, 0.05) is 37.3 Å². The Labute approximate surface area is 142 Å². The predicted octanol–water partition coefficient (Wildman–Crippen LogP) is 2.32. The van der Waals surface area contributed by atoms with E-state index >= 15 is 0 Å². The van der Waals surface area contributed by atoms with E-state index in [1.54, 1.807) is 6.20 Å². The molecular weight excluding hydrogens is 302 g/mol. The van der Waals surface area contributed by atoms with Gasteiger partial charge < -0.3 is 9.80 Å². The Balaban J connectivity index is 1.60. The largest absolute Gasteiger partial charge is 0.333 e. The molecule has 0 spiro atoms. The van der Waals surface area contributed by atoms with Gasteiger partial charge in [0.1, 0.15) is 0 Å². The molecule has 4 rings (SSSR count). The molecule has 0 bridgehead atoms. The Hall–Kier alpha value is -1.95. The van der Waals surface area contributed by atoms with Crippen LogP contribution in [0.5, 0.6) is 0 Å². The summed E-state index contributed by atoms with van der Waals surface area (Å²) >= 11 is 0. The van der Waals surface area contributed by atoms with Gasteiger partial charge in [0.15, 0.2) is 5.65 Å². The van der Waals surface area contributed by atoms with E-state index in [1.165, 1.54) is 25.7 Å². The summed E-state index contributed by atoms with van der Waals surface area (Å²) in [4.78, 5) is 21.7. The molecule has 1 aliphatic heterocycles. The van der Waals surface area contributed by atoms with Gasteiger partial charge in [-0.15, -0.1) is 0 Å². The van der Waals surface area contributed by atoms with Crippen molar-refractivity contribution in [3.8, 4) is 0 Å². The topological polar surface area (TPSA) is 54.3 Å². The van der Waals surface area contributed by atoms with Gasteiger partial charge in [-0.05, 0) is 32.9 Å². The second-order valence-corrected chi connectivity index (χ2v) is 7.27. The van der Waals surface area contributed by atoms with E-state index in [2.05, 4.69) is 33.6 Å². The lowest BCUT2D eigenvalue weighted by Crippen LogP contribution is -2.52. The van der Waals surface area contributed by atoms with Crippen LogP contribution in [0.15, 0.2) is 18.5 Å². The van der Waals surface area contributed by atoms with Crippen molar-refractivity contribution in [2.24, 2.45) is 0 Å². The Kier molecular flexibility index (Phi) is 4.00. The SMILES string of the molecule is C[C@@H]1CN(C)CCN1C(=O)c1cnc2c(cnn2C2CCCC2)c1. The zero-order chi connectivity index (χ0) is 16.7. The third kappa shape index (κ3) is 2.69. The molecule has 2 aromatic heterocycles. The number of hydrogen-bond donors (Lipinski definition) is 0. The molecule has 1 saturated heterocycles. The van der Waals surface area contributed by atoms with Gasteiger partial charge in [-0.3, -0.25) is 4.79 Å². The number of hydrogen-bond acceptors (Lipinski definition) is 4. The lowest BCUT2D eigenvalue weighted by molar-refractivity contribution is 0.0533. The minimum absolute atomic E-state index is 0.0821. The third-order valence-electron chi connectivity index (χ3n) is 5.44. The Morgan fingerprint density at radius 3 is 2.75 bits per heavy atom. The Bertz CT molecular complexity index is 749. The molecule has 1 atom stereocenters. The van der Waals surface area contributed by atoms with E-state index in [0.717, 1.165) is 30.7 Å². The van der Waals surface area contributed by atoms with Crippen molar-refractivity contribution in [3.05, 3.63) is 24.0 Å². The quantitative estimate of drug-likeness (QED) is 0.849. The van der Waals surface area contributed by atoms with Crippen molar-refractivity contribution in [1.29, 1.82) is 0 Å². The van der Waals surface area contributed by atoms with E-state index in [0.29, 0.717) is 11.6 Å². The van der Waals surface area contributed by atoms with Crippen molar-refractivity contribution in [3.63, 3.8) is 0 Å². The van der Waals surface area contributed by atoms with Gasteiger partial charge >= 0.3 is 0 Å². The summed E-state index contributed by atoms with van der Waals surface area (Å²) in [5, 5.41) is 5.50. The summed E-state index contributed by atoms with van der Waals surface area (Å²) in [6, 6.07) is 2.65. The summed E-state index contributed by atoms with van der Waals surface area (Å²) in [5.74, 6) is 0.0821. The smallest absolute Gasteiger partial charge is 0.255 e. The average Bonchev–Trinajstić information content (AvgIpc) is 3.22. The molecular formula is C18H25N5O. The van der Waals surface area contributed by atoms with E-state index < -0.39 is 0 Å². The van der Waals surface area contributed by atoms with Crippen LogP contribution in [0.25, 0.3) is 11.0 Å². The van der Waals surface area contributed by atoms with Crippen molar-refractivity contribution < 1.29 is 4.79 Å². The predicted molar refractivity (Wildman–Crippen MR) is 93.0 cm³/mol. The molecule has 2 aromatic rings. The number of aromatic nitrogens is 3. The van der Waals surface area contributed by atoms with Crippen molar-refractivity contribution >= 4 is 16.9 Å². The van der Waals surface area contributed by atoms with E-state index in [9.17, 15) is 4.79 Å². The first-order chi connectivity index (χ1) is 11.6. The van der Waals surface area contributed by atoms with Gasteiger partial charge in [0.05, 0.1) is 17.8 Å². The van der Waals surface area contributed by atoms with Crippen molar-refractivity contribution in [2.45, 2.75) is 44.7 Å². The van der Waals surface area contributed by atoms with Gasteiger partial charge in [-0.1, -0.05) is 12.8 Å². The standard InChI is InChI=1S/C18H25N5O/c1-13-12-21(2)7-8-22(13)18(24)15-9-14-11-20-23(17(14)19-10-15)16-5-3-4-6-16/h9-11,13,16H,3-8,12H2,1-2H3/t13-/m1/s1. The molecule has 6 nitrogen and oxygen atoms in total. The maximum absolute atomic E-state index is 12.9. The Morgan fingerprint density at radius 2 is 2.00 bits per heavy atom. The summed E-state index contributed by atoms with van der Waals surface area (Å²) in [6.45, 7) is 4.72. The number of likely N-dealkylation sites (N-methyl/N-ethyl adjacent to an activating group) is 1. The number of rotatable bonds is 2. The zero-order valence-corrected chi connectivity index (χ0v) is 14.5. The summed E-state index contributed by atoms with van der Waals surface area (Å²) in [5.41, 5.74) is 1.58. The van der Waals surface area contributed by atoms with E-state index in [4.69, 9.17) is 0 Å². The normalized spacial score (nSPS) is 23.2. The minimum Gasteiger partial charge on any atom is -0.333 e. The summed E-state index contributed by atoms with van der Waals surface area (Å²) < 4.78 is 2.05. The maximum atomic E-state index is 12.9. The van der Waals surface area contributed by atoms with Crippen LogP contribution in [0.1, 0.15) is 49.0 Å². The summed E-state index contributed by atoms with van der Waals surface area (Å²) in [6.07, 6.45) is 8.47. The van der Waals surface area contributed by atoms with Crippen molar-refractivity contribution in [2.75, 3.05) is 26.7 Å². The second-order valence-electron chi connectivity index (χ2n) is 7.27. The zero-order valence-electron chi connectivity index (χ0n) is 14.5. The fourth-order valence-electron chi connectivity index (χ4n) is 4.08.